The molecule has 0 heterocycles. The number of nitrogens with one attached hydrogen (secondary N) is 1. The van der Waals surface area contributed by atoms with Crippen LogP contribution in [0.25, 0.3) is 0 Å². The van der Waals surface area contributed by atoms with Gasteiger partial charge in [0.05, 0.1) is 24.4 Å². The summed E-state index contributed by atoms with van der Waals surface area (Å²) >= 11 is 0. The third-order valence-electron chi connectivity index (χ3n) is 3.64. The Hall–Kier alpha value is -2.47. The largest absolute Gasteiger partial charge is 0.497 e. The fourth-order valence-corrected chi connectivity index (χ4v) is 2.38. The van der Waals surface area contributed by atoms with Gasteiger partial charge in [-0.05, 0) is 42.7 Å². The first-order valence-corrected chi connectivity index (χ1v) is 7.09. The zero-order chi connectivity index (χ0) is 15.2. The van der Waals surface area contributed by atoms with Crippen molar-refractivity contribution in [3.8, 4) is 11.8 Å². The molecule has 0 saturated heterocycles. The van der Waals surface area contributed by atoms with Gasteiger partial charge in [-0.2, -0.15) is 5.26 Å². The van der Waals surface area contributed by atoms with Crippen LogP contribution in [0.1, 0.15) is 36.1 Å². The van der Waals surface area contributed by atoms with Gasteiger partial charge in [0.2, 0.25) is 0 Å². The molecule has 2 rings (SSSR count). The number of hydrogen-bond donors (Lipinski definition) is 1. The van der Waals surface area contributed by atoms with Crippen LogP contribution in [0.15, 0.2) is 42.5 Å². The first kappa shape index (κ1) is 14.9. The predicted octanol–water partition coefficient (Wildman–Crippen LogP) is 4.44. The highest BCUT2D eigenvalue weighted by atomic mass is 16.5. The molecule has 2 aromatic carbocycles. The maximum absolute atomic E-state index is 9.32. The third kappa shape index (κ3) is 3.35. The SMILES string of the molecule is CCC(Nc1cccc(C)c1C#N)c1ccc(OC)cc1. The summed E-state index contributed by atoms with van der Waals surface area (Å²) in [5.74, 6) is 0.849. The normalized spacial score (nSPS) is 11.5. The smallest absolute Gasteiger partial charge is 0.118 e. The molecule has 2 aromatic rings. The van der Waals surface area contributed by atoms with Crippen LogP contribution < -0.4 is 10.1 Å². The van der Waals surface area contributed by atoms with Gasteiger partial charge in [0, 0.05) is 0 Å². The van der Waals surface area contributed by atoms with Crippen LogP contribution in [0.4, 0.5) is 5.69 Å². The van der Waals surface area contributed by atoms with Gasteiger partial charge in [0.15, 0.2) is 0 Å². The van der Waals surface area contributed by atoms with Gasteiger partial charge in [-0.3, -0.25) is 0 Å². The van der Waals surface area contributed by atoms with Crippen LogP contribution in [0.5, 0.6) is 5.75 Å². The minimum Gasteiger partial charge on any atom is -0.497 e. The van der Waals surface area contributed by atoms with Gasteiger partial charge in [0.1, 0.15) is 11.8 Å². The van der Waals surface area contributed by atoms with Crippen LogP contribution >= 0.6 is 0 Å². The fourth-order valence-electron chi connectivity index (χ4n) is 2.38. The highest BCUT2D eigenvalue weighted by molar-refractivity contribution is 5.61. The number of methoxy groups -OCH3 is 1. The van der Waals surface area contributed by atoms with E-state index in [9.17, 15) is 5.26 Å². The first-order valence-electron chi connectivity index (χ1n) is 7.09. The molecule has 0 aliphatic rings. The Bertz CT molecular complexity index is 641. The maximum atomic E-state index is 9.32. The molecule has 3 nitrogen and oxygen atoms in total. The minimum atomic E-state index is 0.171. The van der Waals surface area contributed by atoms with Crippen LogP contribution in [0.2, 0.25) is 0 Å². The maximum Gasteiger partial charge on any atom is 0.118 e. The summed E-state index contributed by atoms with van der Waals surface area (Å²) in [6.45, 7) is 4.09. The van der Waals surface area contributed by atoms with Gasteiger partial charge in [-0.1, -0.05) is 31.2 Å². The molecule has 0 aliphatic carbocycles. The topological polar surface area (TPSA) is 45.0 Å². The van der Waals surface area contributed by atoms with Gasteiger partial charge in [-0.15, -0.1) is 0 Å². The average Bonchev–Trinajstić information content (AvgIpc) is 2.53. The van der Waals surface area contributed by atoms with E-state index in [1.54, 1.807) is 7.11 Å². The lowest BCUT2D eigenvalue weighted by atomic mass is 10.0. The molecule has 21 heavy (non-hydrogen) atoms. The van der Waals surface area contributed by atoms with Gasteiger partial charge in [-0.25, -0.2) is 0 Å². The second-order valence-corrected chi connectivity index (χ2v) is 4.99. The van der Waals surface area contributed by atoms with Crippen LogP contribution in [0.3, 0.4) is 0 Å². The molecule has 1 atom stereocenters. The Kier molecular flexibility index (Phi) is 4.84. The van der Waals surface area contributed by atoms with Gasteiger partial charge >= 0.3 is 0 Å². The van der Waals surface area contributed by atoms with E-state index in [2.05, 4.69) is 30.4 Å². The van der Waals surface area contributed by atoms with Crippen molar-refractivity contribution in [2.75, 3.05) is 12.4 Å². The number of nitriles is 1. The summed E-state index contributed by atoms with van der Waals surface area (Å²) in [6.07, 6.45) is 0.936. The minimum absolute atomic E-state index is 0.171. The lowest BCUT2D eigenvalue weighted by Gasteiger charge is -2.20. The molecule has 3 heteroatoms. The number of anilines is 1. The molecule has 1 unspecified atom stereocenters. The van der Waals surface area contributed by atoms with Crippen molar-refractivity contribution >= 4 is 5.69 Å². The lowest BCUT2D eigenvalue weighted by Crippen LogP contribution is -2.11. The summed E-state index contributed by atoms with van der Waals surface area (Å²) in [5, 5.41) is 12.8. The molecule has 0 fully saturated rings. The molecule has 0 aromatic heterocycles. The number of hydrogen-bond acceptors (Lipinski definition) is 3. The molecule has 0 amide bonds. The molecule has 0 spiro atoms. The predicted molar refractivity (Wildman–Crippen MR) is 85.5 cm³/mol. The van der Waals surface area contributed by atoms with E-state index in [0.717, 1.165) is 23.4 Å². The highest BCUT2D eigenvalue weighted by Gasteiger charge is 2.12. The number of nitrogens with zero attached hydrogens (tertiary/aromatic N) is 1. The fraction of sp³-hybridized carbons (Fsp3) is 0.278. The van der Waals surface area contributed by atoms with Crippen molar-refractivity contribution in [3.63, 3.8) is 0 Å². The second kappa shape index (κ2) is 6.81. The number of ether oxygens (including phenoxy) is 1. The molecular formula is C18H20N2O. The Balaban J connectivity index is 2.27. The van der Waals surface area contributed by atoms with E-state index in [1.807, 2.05) is 37.3 Å². The average molecular weight is 280 g/mol. The van der Waals surface area contributed by atoms with E-state index in [-0.39, 0.29) is 6.04 Å². The van der Waals surface area contributed by atoms with Crippen LogP contribution in [-0.4, -0.2) is 7.11 Å². The first-order chi connectivity index (χ1) is 10.2. The van der Waals surface area contributed by atoms with Crippen molar-refractivity contribution in [2.45, 2.75) is 26.3 Å². The quantitative estimate of drug-likeness (QED) is 0.880. The van der Waals surface area contributed by atoms with E-state index >= 15 is 0 Å². The Labute approximate surface area is 126 Å². The summed E-state index contributed by atoms with van der Waals surface area (Å²) < 4.78 is 5.19. The molecular weight excluding hydrogens is 260 g/mol. The van der Waals surface area contributed by atoms with Crippen LogP contribution in [0, 0.1) is 18.3 Å². The van der Waals surface area contributed by atoms with Gasteiger partial charge in [0.25, 0.3) is 0 Å². The van der Waals surface area contributed by atoms with Crippen molar-refractivity contribution in [1.82, 2.24) is 0 Å². The van der Waals surface area contributed by atoms with Crippen molar-refractivity contribution in [2.24, 2.45) is 0 Å². The van der Waals surface area contributed by atoms with Crippen LogP contribution in [-0.2, 0) is 0 Å². The summed E-state index contributed by atoms with van der Waals surface area (Å²) in [5.41, 5.74) is 3.78. The Morgan fingerprint density at radius 1 is 1.19 bits per heavy atom. The number of aryl methyl sites for hydroxylation is 1. The third-order valence-corrected chi connectivity index (χ3v) is 3.64. The number of rotatable bonds is 5. The molecule has 0 saturated carbocycles. The summed E-state index contributed by atoms with van der Waals surface area (Å²) in [6, 6.07) is 16.4. The van der Waals surface area contributed by atoms with E-state index < -0.39 is 0 Å². The van der Waals surface area contributed by atoms with E-state index in [1.165, 1.54) is 5.56 Å². The number of benzene rings is 2. The molecule has 108 valence electrons. The van der Waals surface area contributed by atoms with Gasteiger partial charge < -0.3 is 10.1 Å². The zero-order valence-electron chi connectivity index (χ0n) is 12.7. The summed E-state index contributed by atoms with van der Waals surface area (Å²) in [7, 11) is 1.66. The highest BCUT2D eigenvalue weighted by Crippen LogP contribution is 2.27. The van der Waals surface area contributed by atoms with E-state index in [0.29, 0.717) is 5.56 Å². The van der Waals surface area contributed by atoms with E-state index in [4.69, 9.17) is 4.74 Å². The summed E-state index contributed by atoms with van der Waals surface area (Å²) in [4.78, 5) is 0. The monoisotopic (exact) mass is 280 g/mol. The Morgan fingerprint density at radius 2 is 1.90 bits per heavy atom. The second-order valence-electron chi connectivity index (χ2n) is 4.99. The lowest BCUT2D eigenvalue weighted by molar-refractivity contribution is 0.414. The molecule has 1 N–H and O–H groups in total. The standard InChI is InChI=1S/C18H20N2O/c1-4-17(14-8-10-15(21-3)11-9-14)20-18-7-5-6-13(2)16(18)12-19/h5-11,17,20H,4H2,1-3H3. The molecule has 0 radical (unpaired) electrons. The molecule has 0 aliphatic heterocycles. The zero-order valence-corrected chi connectivity index (χ0v) is 12.7. The molecule has 0 bridgehead atoms. The van der Waals surface area contributed by atoms with Crippen molar-refractivity contribution < 1.29 is 4.74 Å². The van der Waals surface area contributed by atoms with Crippen molar-refractivity contribution in [1.29, 1.82) is 5.26 Å². The Morgan fingerprint density at radius 3 is 2.48 bits per heavy atom. The van der Waals surface area contributed by atoms with Crippen molar-refractivity contribution in [3.05, 3.63) is 59.2 Å².